The van der Waals surface area contributed by atoms with E-state index in [9.17, 15) is 9.59 Å². The molecule has 0 amide bonds. The van der Waals surface area contributed by atoms with Gasteiger partial charge in [0, 0.05) is 5.39 Å². The number of aromatic nitrogens is 2. The first-order valence-electron chi connectivity index (χ1n) is 7.38. The number of ether oxygens (including phenoxy) is 1. The third kappa shape index (κ3) is 3.12. The van der Waals surface area contributed by atoms with Gasteiger partial charge in [-0.2, -0.15) is 5.10 Å². The summed E-state index contributed by atoms with van der Waals surface area (Å²) in [6.07, 6.45) is 6.65. The Bertz CT molecular complexity index is 702. The molecule has 0 unspecified atom stereocenters. The van der Waals surface area contributed by atoms with Gasteiger partial charge in [-0.05, 0) is 37.8 Å². The number of hydrogen-bond acceptors (Lipinski definition) is 4. The summed E-state index contributed by atoms with van der Waals surface area (Å²) in [5.41, 5.74) is 0.521. The molecule has 1 aromatic carbocycles. The van der Waals surface area contributed by atoms with Crippen molar-refractivity contribution >= 4 is 16.9 Å². The van der Waals surface area contributed by atoms with Gasteiger partial charge in [-0.3, -0.25) is 14.3 Å². The van der Waals surface area contributed by atoms with Crippen LogP contribution in [0.5, 0.6) is 0 Å². The zero-order valence-electron chi connectivity index (χ0n) is 11.8. The van der Waals surface area contributed by atoms with E-state index in [1.165, 1.54) is 17.3 Å². The van der Waals surface area contributed by atoms with Crippen LogP contribution in [0.3, 0.4) is 0 Å². The van der Waals surface area contributed by atoms with Crippen LogP contribution in [0.1, 0.15) is 32.1 Å². The average Bonchev–Trinajstić information content (AvgIpc) is 2.51. The molecule has 1 aliphatic rings. The van der Waals surface area contributed by atoms with E-state index < -0.39 is 0 Å². The number of nitrogens with zero attached hydrogens (tertiary/aromatic N) is 2. The highest BCUT2D eigenvalue weighted by molar-refractivity contribution is 5.79. The molecule has 0 N–H and O–H groups in total. The Morgan fingerprint density at radius 2 is 2.00 bits per heavy atom. The number of carbonyl (C=O) groups excluding carboxylic acids is 1. The minimum atomic E-state index is -0.289. The molecule has 2 aromatic rings. The predicted molar refractivity (Wildman–Crippen MR) is 79.0 cm³/mol. The molecule has 0 saturated heterocycles. The molecular formula is C16H18N2O3. The minimum Gasteiger partial charge on any atom is -0.461 e. The molecule has 110 valence electrons. The number of hydrogen-bond donors (Lipinski definition) is 0. The summed E-state index contributed by atoms with van der Waals surface area (Å²) in [6, 6.07) is 7.15. The molecule has 1 fully saturated rings. The highest BCUT2D eigenvalue weighted by Gasteiger charge is 2.18. The van der Waals surface area contributed by atoms with Crippen LogP contribution < -0.4 is 5.43 Å². The van der Waals surface area contributed by atoms with E-state index in [-0.39, 0.29) is 24.0 Å². The van der Waals surface area contributed by atoms with E-state index in [0.717, 1.165) is 25.7 Å². The van der Waals surface area contributed by atoms with E-state index in [2.05, 4.69) is 5.10 Å². The van der Waals surface area contributed by atoms with Crippen molar-refractivity contribution in [3.8, 4) is 0 Å². The third-order valence-corrected chi connectivity index (χ3v) is 3.89. The Kier molecular flexibility index (Phi) is 3.99. The summed E-state index contributed by atoms with van der Waals surface area (Å²) in [7, 11) is 0. The van der Waals surface area contributed by atoms with Crippen LogP contribution in [0, 0.1) is 0 Å². The molecule has 0 spiro atoms. The second-order valence-corrected chi connectivity index (χ2v) is 5.43. The number of para-hydroxylation sites is 1. The molecule has 1 aromatic heterocycles. The monoisotopic (exact) mass is 286 g/mol. The van der Waals surface area contributed by atoms with Gasteiger partial charge in [0.25, 0.3) is 0 Å². The van der Waals surface area contributed by atoms with Gasteiger partial charge in [0.05, 0.1) is 11.7 Å². The first kappa shape index (κ1) is 13.8. The molecule has 0 radical (unpaired) electrons. The van der Waals surface area contributed by atoms with Gasteiger partial charge in [-0.1, -0.05) is 18.6 Å². The second kappa shape index (κ2) is 6.08. The van der Waals surface area contributed by atoms with Crippen molar-refractivity contribution in [1.82, 2.24) is 9.78 Å². The second-order valence-electron chi connectivity index (χ2n) is 5.43. The van der Waals surface area contributed by atoms with Crippen LogP contribution in [0.2, 0.25) is 0 Å². The molecule has 1 aliphatic carbocycles. The lowest BCUT2D eigenvalue weighted by molar-refractivity contribution is -0.151. The summed E-state index contributed by atoms with van der Waals surface area (Å²) >= 11 is 0. The molecule has 3 rings (SSSR count). The van der Waals surface area contributed by atoms with Gasteiger partial charge in [0.1, 0.15) is 12.6 Å². The van der Waals surface area contributed by atoms with Gasteiger partial charge < -0.3 is 4.74 Å². The quantitative estimate of drug-likeness (QED) is 0.812. The van der Waals surface area contributed by atoms with Crippen molar-refractivity contribution in [2.24, 2.45) is 0 Å². The molecule has 0 aliphatic heterocycles. The minimum absolute atomic E-state index is 0.0388. The van der Waals surface area contributed by atoms with E-state index >= 15 is 0 Å². The normalized spacial score (nSPS) is 16.0. The molecule has 1 saturated carbocycles. The average molecular weight is 286 g/mol. The number of benzene rings is 1. The van der Waals surface area contributed by atoms with Crippen LogP contribution in [0.4, 0.5) is 0 Å². The Labute approximate surface area is 122 Å². The van der Waals surface area contributed by atoms with Crippen LogP contribution in [-0.4, -0.2) is 21.9 Å². The Morgan fingerprint density at radius 1 is 1.24 bits per heavy atom. The van der Waals surface area contributed by atoms with E-state index in [4.69, 9.17) is 4.74 Å². The first-order valence-corrected chi connectivity index (χ1v) is 7.38. The SMILES string of the molecule is O=C(Cn1ncc(=O)c2ccccc21)OC1CCCCC1. The Balaban J connectivity index is 1.77. The van der Waals surface area contributed by atoms with E-state index in [1.807, 2.05) is 6.07 Å². The van der Waals surface area contributed by atoms with Crippen molar-refractivity contribution < 1.29 is 9.53 Å². The van der Waals surface area contributed by atoms with Gasteiger partial charge in [0.15, 0.2) is 0 Å². The lowest BCUT2D eigenvalue weighted by atomic mass is 9.98. The zero-order chi connectivity index (χ0) is 14.7. The summed E-state index contributed by atoms with van der Waals surface area (Å²) in [6.45, 7) is 0.0390. The number of carbonyl (C=O) groups is 1. The molecule has 0 bridgehead atoms. The summed E-state index contributed by atoms with van der Waals surface area (Å²) in [5.74, 6) is -0.289. The molecule has 5 heteroatoms. The van der Waals surface area contributed by atoms with Crippen molar-refractivity contribution in [3.05, 3.63) is 40.7 Å². The fourth-order valence-electron chi connectivity index (χ4n) is 2.82. The van der Waals surface area contributed by atoms with Crippen LogP contribution in [0.25, 0.3) is 10.9 Å². The van der Waals surface area contributed by atoms with E-state index in [0.29, 0.717) is 10.9 Å². The fourth-order valence-corrected chi connectivity index (χ4v) is 2.82. The molecule has 21 heavy (non-hydrogen) atoms. The largest absolute Gasteiger partial charge is 0.461 e. The number of fused-ring (bicyclic) bond motifs is 1. The Morgan fingerprint density at radius 3 is 2.81 bits per heavy atom. The number of rotatable bonds is 3. The zero-order valence-corrected chi connectivity index (χ0v) is 11.8. The maximum absolute atomic E-state index is 12.0. The number of esters is 1. The Hall–Kier alpha value is -2.17. The first-order chi connectivity index (χ1) is 10.2. The summed E-state index contributed by atoms with van der Waals surface area (Å²) in [5, 5.41) is 4.61. The van der Waals surface area contributed by atoms with Crippen molar-refractivity contribution in [3.63, 3.8) is 0 Å². The highest BCUT2D eigenvalue weighted by Crippen LogP contribution is 2.20. The maximum Gasteiger partial charge on any atom is 0.328 e. The van der Waals surface area contributed by atoms with Gasteiger partial charge in [-0.15, -0.1) is 0 Å². The molecule has 1 heterocycles. The van der Waals surface area contributed by atoms with Gasteiger partial charge >= 0.3 is 5.97 Å². The fraction of sp³-hybridized carbons (Fsp3) is 0.438. The molecule has 5 nitrogen and oxygen atoms in total. The maximum atomic E-state index is 12.0. The van der Waals surface area contributed by atoms with Crippen LogP contribution >= 0.6 is 0 Å². The standard InChI is InChI=1S/C16H18N2O3/c19-15-10-17-18(14-9-5-4-8-13(14)15)11-16(20)21-12-6-2-1-3-7-12/h4-5,8-10,12H,1-3,6-7,11H2. The van der Waals surface area contributed by atoms with Crippen molar-refractivity contribution in [2.45, 2.75) is 44.8 Å². The van der Waals surface area contributed by atoms with Crippen LogP contribution in [-0.2, 0) is 16.1 Å². The van der Waals surface area contributed by atoms with Gasteiger partial charge in [0.2, 0.25) is 5.43 Å². The summed E-state index contributed by atoms with van der Waals surface area (Å²) in [4.78, 5) is 23.8. The van der Waals surface area contributed by atoms with E-state index in [1.54, 1.807) is 18.2 Å². The van der Waals surface area contributed by atoms with Crippen LogP contribution in [0.15, 0.2) is 35.3 Å². The smallest absolute Gasteiger partial charge is 0.328 e. The topological polar surface area (TPSA) is 61.2 Å². The van der Waals surface area contributed by atoms with Crippen molar-refractivity contribution in [2.75, 3.05) is 0 Å². The van der Waals surface area contributed by atoms with Gasteiger partial charge in [-0.25, -0.2) is 0 Å². The summed E-state index contributed by atoms with van der Waals surface area (Å²) < 4.78 is 7.03. The molecular weight excluding hydrogens is 268 g/mol. The lowest BCUT2D eigenvalue weighted by Gasteiger charge is -2.22. The predicted octanol–water partition coefficient (Wildman–Crippen LogP) is 2.27. The third-order valence-electron chi connectivity index (χ3n) is 3.89. The molecule has 0 atom stereocenters. The lowest BCUT2D eigenvalue weighted by Crippen LogP contribution is -2.25. The van der Waals surface area contributed by atoms with Crippen molar-refractivity contribution in [1.29, 1.82) is 0 Å². The highest BCUT2D eigenvalue weighted by atomic mass is 16.5.